The van der Waals surface area contributed by atoms with Crippen LogP contribution in [0.25, 0.3) is 0 Å². The van der Waals surface area contributed by atoms with Crippen molar-refractivity contribution in [2.24, 2.45) is 23.2 Å². The molecule has 0 N–H and O–H groups in total. The molecular weight excluding hydrogens is 392 g/mol. The van der Waals surface area contributed by atoms with E-state index in [4.69, 9.17) is 4.74 Å². The SMILES string of the molecule is CCCCC(C)(C)[C@@H](C=C[C@H]1[C@H](C)CC(=O)[C@@H]1CC=CCCCC(=O)OC)OC(C)=O. The average molecular weight is 435 g/mol. The number of methoxy groups -OCH3 is 1. The standard InChI is InChI=1S/C26H42O5/c1-7-8-17-26(4,5)24(31-20(3)27)16-15-21-19(2)18-23(28)22(21)13-11-9-10-12-14-25(29)30-6/h9,11,15-16,19,21-22,24H,7-8,10,12-14,17-18H2,1-6H3/t19-,21+,22-,24-/m1/s1. The van der Waals surface area contributed by atoms with Crippen molar-refractivity contribution >= 4 is 17.7 Å². The van der Waals surface area contributed by atoms with Crippen LogP contribution < -0.4 is 0 Å². The van der Waals surface area contributed by atoms with Crippen molar-refractivity contribution in [3.63, 3.8) is 0 Å². The highest BCUT2D eigenvalue weighted by molar-refractivity contribution is 5.84. The number of hydrogen-bond acceptors (Lipinski definition) is 5. The molecule has 1 fully saturated rings. The maximum Gasteiger partial charge on any atom is 0.305 e. The highest BCUT2D eigenvalue weighted by Gasteiger charge is 2.38. The zero-order valence-electron chi connectivity index (χ0n) is 20.3. The Morgan fingerprint density at radius 3 is 2.55 bits per heavy atom. The highest BCUT2D eigenvalue weighted by atomic mass is 16.5. The van der Waals surface area contributed by atoms with Gasteiger partial charge in [0.15, 0.2) is 0 Å². The molecule has 0 bridgehead atoms. The highest BCUT2D eigenvalue weighted by Crippen LogP contribution is 2.39. The summed E-state index contributed by atoms with van der Waals surface area (Å²) < 4.78 is 10.3. The summed E-state index contributed by atoms with van der Waals surface area (Å²) in [7, 11) is 1.40. The van der Waals surface area contributed by atoms with Gasteiger partial charge in [-0.2, -0.15) is 0 Å². The van der Waals surface area contributed by atoms with E-state index in [0.717, 1.165) is 32.1 Å². The third kappa shape index (κ3) is 9.40. The number of hydrogen-bond donors (Lipinski definition) is 0. The van der Waals surface area contributed by atoms with Crippen molar-refractivity contribution in [3.05, 3.63) is 24.3 Å². The molecule has 0 amide bonds. The lowest BCUT2D eigenvalue weighted by Crippen LogP contribution is -2.32. The first-order valence-electron chi connectivity index (χ1n) is 11.7. The molecule has 176 valence electrons. The normalized spacial score (nSPS) is 22.9. The number of carbonyl (C=O) groups is 3. The van der Waals surface area contributed by atoms with Gasteiger partial charge in [-0.3, -0.25) is 14.4 Å². The van der Waals surface area contributed by atoms with Crippen LogP contribution in [0.15, 0.2) is 24.3 Å². The first-order chi connectivity index (χ1) is 14.6. The van der Waals surface area contributed by atoms with E-state index in [1.807, 2.05) is 6.08 Å². The minimum atomic E-state index is -0.297. The topological polar surface area (TPSA) is 69.7 Å². The number of allylic oxidation sites excluding steroid dienone is 3. The van der Waals surface area contributed by atoms with E-state index in [2.05, 4.69) is 50.7 Å². The Hall–Kier alpha value is -1.91. The molecule has 0 spiro atoms. The fourth-order valence-corrected chi connectivity index (χ4v) is 4.30. The average Bonchev–Trinajstić information content (AvgIpc) is 2.97. The van der Waals surface area contributed by atoms with Crippen molar-refractivity contribution in [3.8, 4) is 0 Å². The summed E-state index contributed by atoms with van der Waals surface area (Å²) in [6.45, 7) is 10.0. The minimum absolute atomic E-state index is 0.0418. The van der Waals surface area contributed by atoms with Gasteiger partial charge in [0, 0.05) is 31.1 Å². The fourth-order valence-electron chi connectivity index (χ4n) is 4.30. The van der Waals surface area contributed by atoms with Crippen LogP contribution in [0, 0.1) is 23.2 Å². The maximum absolute atomic E-state index is 12.6. The maximum atomic E-state index is 12.6. The van der Waals surface area contributed by atoms with E-state index < -0.39 is 0 Å². The lowest BCUT2D eigenvalue weighted by atomic mass is 9.79. The fraction of sp³-hybridized carbons (Fsp3) is 0.731. The minimum Gasteiger partial charge on any atom is -0.469 e. The van der Waals surface area contributed by atoms with E-state index in [-0.39, 0.29) is 41.2 Å². The molecule has 1 saturated carbocycles. The molecule has 1 rings (SSSR count). The molecule has 0 aromatic heterocycles. The van der Waals surface area contributed by atoms with Gasteiger partial charge in [0.25, 0.3) is 0 Å². The molecule has 0 aromatic carbocycles. The van der Waals surface area contributed by atoms with Crippen LogP contribution in [0.2, 0.25) is 0 Å². The Labute approximate surface area is 188 Å². The molecule has 0 aromatic rings. The smallest absolute Gasteiger partial charge is 0.305 e. The molecule has 0 radical (unpaired) electrons. The van der Waals surface area contributed by atoms with E-state index in [9.17, 15) is 14.4 Å². The Morgan fingerprint density at radius 1 is 1.23 bits per heavy atom. The summed E-state index contributed by atoms with van der Waals surface area (Å²) in [6, 6.07) is 0. The van der Waals surface area contributed by atoms with Crippen LogP contribution in [0.5, 0.6) is 0 Å². The number of rotatable bonds is 13. The van der Waals surface area contributed by atoms with Gasteiger partial charge in [0.05, 0.1) is 7.11 Å². The summed E-state index contributed by atoms with van der Waals surface area (Å²) in [5, 5.41) is 0. The van der Waals surface area contributed by atoms with Crippen molar-refractivity contribution in [1.82, 2.24) is 0 Å². The van der Waals surface area contributed by atoms with Gasteiger partial charge in [-0.25, -0.2) is 0 Å². The van der Waals surface area contributed by atoms with Crippen molar-refractivity contribution < 1.29 is 23.9 Å². The van der Waals surface area contributed by atoms with E-state index in [1.54, 1.807) is 0 Å². The lowest BCUT2D eigenvalue weighted by molar-refractivity contribution is -0.149. The Kier molecular flexibility index (Phi) is 11.8. The first-order valence-corrected chi connectivity index (χ1v) is 11.7. The zero-order chi connectivity index (χ0) is 23.4. The third-order valence-corrected chi connectivity index (χ3v) is 6.34. The van der Waals surface area contributed by atoms with Gasteiger partial charge >= 0.3 is 11.9 Å². The molecule has 0 unspecified atom stereocenters. The van der Waals surface area contributed by atoms with Crippen molar-refractivity contribution in [1.29, 1.82) is 0 Å². The predicted octanol–water partition coefficient (Wildman–Crippen LogP) is 5.82. The number of esters is 2. The number of ketones is 1. The second-order valence-electron chi connectivity index (χ2n) is 9.51. The number of carbonyl (C=O) groups excluding carboxylic acids is 3. The Morgan fingerprint density at radius 2 is 1.94 bits per heavy atom. The zero-order valence-corrected chi connectivity index (χ0v) is 20.3. The molecule has 0 saturated heterocycles. The summed E-state index contributed by atoms with van der Waals surface area (Å²) in [5.41, 5.74) is -0.154. The molecule has 31 heavy (non-hydrogen) atoms. The molecule has 5 heteroatoms. The molecule has 0 aliphatic heterocycles. The monoisotopic (exact) mass is 434 g/mol. The second-order valence-corrected chi connectivity index (χ2v) is 9.51. The summed E-state index contributed by atoms with van der Waals surface area (Å²) in [5.74, 6) is 0.213. The van der Waals surface area contributed by atoms with Crippen molar-refractivity contribution in [2.45, 2.75) is 92.1 Å². The van der Waals surface area contributed by atoms with Gasteiger partial charge in [0.1, 0.15) is 11.9 Å². The predicted molar refractivity (Wildman–Crippen MR) is 123 cm³/mol. The number of unbranched alkanes of at least 4 members (excludes halogenated alkanes) is 2. The van der Waals surface area contributed by atoms with Crippen LogP contribution in [0.1, 0.15) is 86.0 Å². The van der Waals surface area contributed by atoms with Gasteiger partial charge in [-0.1, -0.05) is 58.8 Å². The quantitative estimate of drug-likeness (QED) is 0.207. The Bertz CT molecular complexity index is 646. The molecule has 1 aliphatic carbocycles. The summed E-state index contributed by atoms with van der Waals surface area (Å²) >= 11 is 0. The lowest BCUT2D eigenvalue weighted by Gasteiger charge is -2.32. The second kappa shape index (κ2) is 13.5. The Balaban J connectivity index is 2.80. The number of ether oxygens (including phenoxy) is 2. The molecule has 5 nitrogen and oxygen atoms in total. The molecule has 0 heterocycles. The number of Topliss-reactive ketones (excluding diaryl/α,β-unsaturated/α-hetero) is 1. The van der Waals surface area contributed by atoms with E-state index >= 15 is 0 Å². The van der Waals surface area contributed by atoms with Crippen LogP contribution >= 0.6 is 0 Å². The van der Waals surface area contributed by atoms with Gasteiger partial charge < -0.3 is 9.47 Å². The van der Waals surface area contributed by atoms with Crippen LogP contribution in [-0.2, 0) is 23.9 Å². The van der Waals surface area contributed by atoms with Gasteiger partial charge in [-0.15, -0.1) is 0 Å². The summed E-state index contributed by atoms with van der Waals surface area (Å²) in [6.07, 6.45) is 14.4. The largest absolute Gasteiger partial charge is 0.469 e. The molecular formula is C26H42O5. The summed E-state index contributed by atoms with van der Waals surface area (Å²) in [4.78, 5) is 35.5. The van der Waals surface area contributed by atoms with Gasteiger partial charge in [-0.05, 0) is 43.6 Å². The van der Waals surface area contributed by atoms with Crippen molar-refractivity contribution in [2.75, 3.05) is 7.11 Å². The van der Waals surface area contributed by atoms with Crippen LogP contribution in [-0.4, -0.2) is 30.9 Å². The first kappa shape index (κ1) is 27.1. The molecule has 4 atom stereocenters. The van der Waals surface area contributed by atoms with E-state index in [1.165, 1.54) is 14.0 Å². The van der Waals surface area contributed by atoms with Crippen LogP contribution in [0.3, 0.4) is 0 Å². The third-order valence-electron chi connectivity index (χ3n) is 6.34. The molecule has 1 aliphatic rings. The van der Waals surface area contributed by atoms with Gasteiger partial charge in [0.2, 0.25) is 0 Å². The van der Waals surface area contributed by atoms with Crippen LogP contribution in [0.4, 0.5) is 0 Å². The van der Waals surface area contributed by atoms with E-state index in [0.29, 0.717) is 25.0 Å².